The highest BCUT2D eigenvalue weighted by Crippen LogP contribution is 2.43. The number of aromatic nitrogens is 4. The van der Waals surface area contributed by atoms with Crippen molar-refractivity contribution in [3.05, 3.63) is 253 Å². The third kappa shape index (κ3) is 8.05. The van der Waals surface area contributed by atoms with Crippen molar-refractivity contribution in [2.75, 3.05) is 0 Å². The summed E-state index contributed by atoms with van der Waals surface area (Å²) < 4.78 is 46.1. The molecule has 360 valence electrons. The van der Waals surface area contributed by atoms with Gasteiger partial charge in [0.05, 0.1) is 44.7 Å². The van der Waals surface area contributed by atoms with Gasteiger partial charge in [0, 0.05) is 49.5 Å². The molecule has 7 heteroatoms. The molecule has 0 saturated heterocycles. The lowest BCUT2D eigenvalue weighted by Gasteiger charge is -2.18. The van der Waals surface area contributed by atoms with Crippen LogP contribution >= 0.6 is 0 Å². The second-order valence-electron chi connectivity index (χ2n) is 19.5. The first-order valence-electron chi connectivity index (χ1n) is 25.1. The standard InChI is InChI=1S/C68H47F3N4/c1-42-25-30-53(43(2)35-42)48-26-32-65-58(38-48)55-21-10-12-23-62(55)74(65)52-20-14-19-47(37-52)57-40-50(67-72-60(45-15-6-4-7-16-45)41-61(73-67)46-17-8-5-9-18-46)28-34-64(57)75-63-24-13-11-22-56(63)59-39-49(27-33-66(59)75)54-31-29-51(36-44(54)3)68(69,70)71/h4-41H,1-3H3. The van der Waals surface area contributed by atoms with Gasteiger partial charge in [0.1, 0.15) is 0 Å². The molecule has 4 nitrogen and oxygen atoms in total. The van der Waals surface area contributed by atoms with Crippen molar-refractivity contribution in [2.45, 2.75) is 26.9 Å². The summed E-state index contributed by atoms with van der Waals surface area (Å²) in [7, 11) is 0. The molecule has 3 aromatic heterocycles. The molecule has 13 rings (SSSR count). The zero-order chi connectivity index (χ0) is 51.0. The zero-order valence-electron chi connectivity index (χ0n) is 41.4. The average Bonchev–Trinajstić information content (AvgIpc) is 4.02. The Bertz CT molecular complexity index is 4320. The summed E-state index contributed by atoms with van der Waals surface area (Å²) >= 11 is 0. The Morgan fingerprint density at radius 2 is 0.853 bits per heavy atom. The minimum atomic E-state index is -4.43. The number of alkyl halides is 3. The van der Waals surface area contributed by atoms with E-state index in [1.54, 1.807) is 13.0 Å². The van der Waals surface area contributed by atoms with E-state index in [9.17, 15) is 13.2 Å². The van der Waals surface area contributed by atoms with E-state index in [2.05, 4.69) is 187 Å². The van der Waals surface area contributed by atoms with Crippen molar-refractivity contribution in [3.8, 4) is 78.7 Å². The van der Waals surface area contributed by atoms with Crippen LogP contribution in [0, 0.1) is 20.8 Å². The molecule has 0 spiro atoms. The van der Waals surface area contributed by atoms with Crippen molar-refractivity contribution in [3.63, 3.8) is 0 Å². The summed E-state index contributed by atoms with van der Waals surface area (Å²) in [6.45, 7) is 6.05. The molecule has 3 heterocycles. The van der Waals surface area contributed by atoms with Crippen molar-refractivity contribution >= 4 is 43.6 Å². The van der Waals surface area contributed by atoms with E-state index in [1.165, 1.54) is 45.2 Å². The fourth-order valence-corrected chi connectivity index (χ4v) is 11.1. The summed E-state index contributed by atoms with van der Waals surface area (Å²) in [6.07, 6.45) is -4.43. The Labute approximate surface area is 432 Å². The second-order valence-corrected chi connectivity index (χ2v) is 19.5. The van der Waals surface area contributed by atoms with Crippen molar-refractivity contribution < 1.29 is 13.2 Å². The maximum Gasteiger partial charge on any atom is 0.416 e. The highest BCUT2D eigenvalue weighted by atomic mass is 19.4. The predicted molar refractivity (Wildman–Crippen MR) is 303 cm³/mol. The lowest BCUT2D eigenvalue weighted by molar-refractivity contribution is -0.137. The number of rotatable bonds is 8. The Balaban J connectivity index is 1.03. The molecule has 0 saturated carbocycles. The van der Waals surface area contributed by atoms with Crippen molar-refractivity contribution in [1.82, 2.24) is 19.1 Å². The Hall–Kier alpha value is -9.33. The summed E-state index contributed by atoms with van der Waals surface area (Å²) in [5.74, 6) is 0.597. The number of halogens is 3. The number of para-hydroxylation sites is 2. The molecule has 0 bridgehead atoms. The van der Waals surface area contributed by atoms with Crippen molar-refractivity contribution in [1.29, 1.82) is 0 Å². The van der Waals surface area contributed by atoms with Crippen LogP contribution in [0.4, 0.5) is 13.2 Å². The van der Waals surface area contributed by atoms with Gasteiger partial charge in [-0.2, -0.15) is 13.2 Å². The van der Waals surface area contributed by atoms with E-state index in [0.717, 1.165) is 94.5 Å². The molecular formula is C68H47F3N4. The Kier molecular flexibility index (Phi) is 10.9. The summed E-state index contributed by atoms with van der Waals surface area (Å²) in [4.78, 5) is 10.5. The van der Waals surface area contributed by atoms with Gasteiger partial charge in [0.15, 0.2) is 5.82 Å². The van der Waals surface area contributed by atoms with Crippen LogP contribution in [0.1, 0.15) is 22.3 Å². The second kappa shape index (κ2) is 18.0. The predicted octanol–water partition coefficient (Wildman–Crippen LogP) is 18.6. The fraction of sp³-hybridized carbons (Fsp3) is 0.0588. The van der Waals surface area contributed by atoms with E-state index in [0.29, 0.717) is 11.4 Å². The quantitative estimate of drug-likeness (QED) is 0.152. The highest BCUT2D eigenvalue weighted by Gasteiger charge is 2.31. The molecule has 0 aliphatic rings. The molecule has 0 fully saturated rings. The molecule has 0 N–H and O–H groups in total. The van der Waals surface area contributed by atoms with Crippen molar-refractivity contribution in [2.24, 2.45) is 0 Å². The third-order valence-corrected chi connectivity index (χ3v) is 14.7. The minimum Gasteiger partial charge on any atom is -0.309 e. The van der Waals surface area contributed by atoms with Gasteiger partial charge in [0.25, 0.3) is 0 Å². The highest BCUT2D eigenvalue weighted by molar-refractivity contribution is 6.12. The minimum absolute atomic E-state index is 0.560. The third-order valence-electron chi connectivity index (χ3n) is 14.7. The number of benzene rings is 10. The lowest BCUT2D eigenvalue weighted by Crippen LogP contribution is -2.05. The number of nitrogens with zero attached hydrogens (tertiary/aromatic N) is 4. The monoisotopic (exact) mass is 976 g/mol. The molecule has 0 amide bonds. The van der Waals surface area contributed by atoms with Crippen LogP contribution < -0.4 is 0 Å². The van der Waals surface area contributed by atoms with Crippen LogP contribution in [0.5, 0.6) is 0 Å². The maximum absolute atomic E-state index is 13.8. The largest absolute Gasteiger partial charge is 0.416 e. The van der Waals surface area contributed by atoms with Crippen LogP contribution in [0.25, 0.3) is 122 Å². The average molecular weight is 977 g/mol. The summed E-state index contributed by atoms with van der Waals surface area (Å²) in [6, 6.07) is 78.4. The van der Waals surface area contributed by atoms with E-state index < -0.39 is 11.7 Å². The topological polar surface area (TPSA) is 35.6 Å². The molecule has 10 aromatic carbocycles. The van der Waals surface area contributed by atoms with Gasteiger partial charge in [0.2, 0.25) is 0 Å². The molecular weight excluding hydrogens is 930 g/mol. The van der Waals surface area contributed by atoms with Crippen LogP contribution in [0.3, 0.4) is 0 Å². The van der Waals surface area contributed by atoms with Crippen LogP contribution in [0.15, 0.2) is 231 Å². The van der Waals surface area contributed by atoms with E-state index in [1.807, 2.05) is 48.5 Å². The smallest absolute Gasteiger partial charge is 0.309 e. The first-order valence-corrected chi connectivity index (χ1v) is 25.1. The normalized spacial score (nSPS) is 11.9. The SMILES string of the molecule is Cc1ccc(-c2ccc3c(c2)c2ccccc2n3-c2cccc(-c3cc(-c4nc(-c5ccccc5)cc(-c5ccccc5)n4)ccc3-n3c4ccccc4c4cc(-c5ccc(C(F)(F)F)cc5C)ccc43)c2)c(C)c1. The summed E-state index contributed by atoms with van der Waals surface area (Å²) in [5, 5.41) is 4.37. The van der Waals surface area contributed by atoms with Crippen LogP contribution in [-0.4, -0.2) is 19.1 Å². The first-order chi connectivity index (χ1) is 36.5. The van der Waals surface area contributed by atoms with E-state index >= 15 is 0 Å². The molecule has 0 aliphatic carbocycles. The number of hydrogen-bond donors (Lipinski definition) is 0. The van der Waals surface area contributed by atoms with Crippen LogP contribution in [0.2, 0.25) is 0 Å². The molecule has 13 aromatic rings. The van der Waals surface area contributed by atoms with Gasteiger partial charge in [-0.3, -0.25) is 0 Å². The Morgan fingerprint density at radius 3 is 1.45 bits per heavy atom. The van der Waals surface area contributed by atoms with Gasteiger partial charge in [-0.05, 0) is 145 Å². The van der Waals surface area contributed by atoms with Gasteiger partial charge < -0.3 is 9.13 Å². The van der Waals surface area contributed by atoms with Crippen LogP contribution in [-0.2, 0) is 6.18 Å². The molecule has 0 unspecified atom stereocenters. The Morgan fingerprint density at radius 1 is 0.347 bits per heavy atom. The number of hydrogen-bond acceptors (Lipinski definition) is 2. The van der Waals surface area contributed by atoms with E-state index in [4.69, 9.17) is 9.97 Å². The zero-order valence-corrected chi connectivity index (χ0v) is 41.4. The molecule has 0 atom stereocenters. The van der Waals surface area contributed by atoms with Gasteiger partial charge >= 0.3 is 6.18 Å². The number of fused-ring (bicyclic) bond motifs is 6. The lowest BCUT2D eigenvalue weighted by atomic mass is 9.96. The summed E-state index contributed by atoms with van der Waals surface area (Å²) in [5.41, 5.74) is 19.0. The fourth-order valence-electron chi connectivity index (χ4n) is 11.1. The van der Waals surface area contributed by atoms with Gasteiger partial charge in [-0.1, -0.05) is 151 Å². The van der Waals surface area contributed by atoms with Gasteiger partial charge in [-0.25, -0.2) is 9.97 Å². The van der Waals surface area contributed by atoms with Gasteiger partial charge in [-0.15, -0.1) is 0 Å². The van der Waals surface area contributed by atoms with E-state index in [-0.39, 0.29) is 0 Å². The first kappa shape index (κ1) is 45.5. The maximum atomic E-state index is 13.8. The number of aryl methyl sites for hydroxylation is 3. The molecule has 75 heavy (non-hydrogen) atoms. The molecule has 0 radical (unpaired) electrons. The molecule has 0 aliphatic heterocycles.